The van der Waals surface area contributed by atoms with Gasteiger partial charge in [0.1, 0.15) is 11.1 Å². The predicted molar refractivity (Wildman–Crippen MR) is 96.9 cm³/mol. The number of thioether (sulfide) groups is 1. The van der Waals surface area contributed by atoms with Crippen molar-refractivity contribution in [2.24, 2.45) is 0 Å². The van der Waals surface area contributed by atoms with Gasteiger partial charge in [0.2, 0.25) is 5.91 Å². The Bertz CT molecular complexity index is 812. The van der Waals surface area contributed by atoms with Crippen molar-refractivity contribution in [2.75, 3.05) is 12.3 Å². The number of carbonyl (C=O) groups excluding carboxylic acids is 1. The van der Waals surface area contributed by atoms with Gasteiger partial charge in [-0.2, -0.15) is 5.26 Å². The minimum Gasteiger partial charge on any atom is -0.339 e. The summed E-state index contributed by atoms with van der Waals surface area (Å²) in [6.45, 7) is 4.98. The van der Waals surface area contributed by atoms with Crippen LogP contribution in [0.4, 0.5) is 0 Å². The van der Waals surface area contributed by atoms with Crippen molar-refractivity contribution in [2.45, 2.75) is 44.2 Å². The van der Waals surface area contributed by atoms with E-state index in [1.807, 2.05) is 36.1 Å². The minimum absolute atomic E-state index is 0.141. The largest absolute Gasteiger partial charge is 0.339 e. The third-order valence-corrected chi connectivity index (χ3v) is 5.49. The van der Waals surface area contributed by atoms with Crippen molar-refractivity contribution >= 4 is 28.6 Å². The Hall–Kier alpha value is -2.06. The van der Waals surface area contributed by atoms with Crippen LogP contribution in [0, 0.1) is 18.3 Å². The van der Waals surface area contributed by atoms with Crippen molar-refractivity contribution in [3.05, 3.63) is 35.4 Å². The van der Waals surface area contributed by atoms with E-state index in [4.69, 9.17) is 0 Å². The normalized spacial score (nSPS) is 17.7. The van der Waals surface area contributed by atoms with E-state index in [1.165, 1.54) is 18.2 Å². The number of aromatic nitrogens is 1. The smallest absolute Gasteiger partial charge is 0.233 e. The van der Waals surface area contributed by atoms with Crippen LogP contribution in [0.1, 0.15) is 37.3 Å². The number of benzene rings is 1. The topological polar surface area (TPSA) is 57.0 Å². The molecular weight excluding hydrogens is 318 g/mol. The van der Waals surface area contributed by atoms with E-state index in [-0.39, 0.29) is 5.91 Å². The van der Waals surface area contributed by atoms with Crippen LogP contribution in [-0.2, 0) is 4.79 Å². The quantitative estimate of drug-likeness (QED) is 0.796. The average molecular weight is 339 g/mol. The number of likely N-dealkylation sites (tertiary alicyclic amines) is 1. The molecule has 0 spiro atoms. The summed E-state index contributed by atoms with van der Waals surface area (Å²) in [7, 11) is 0. The van der Waals surface area contributed by atoms with Crippen LogP contribution in [-0.4, -0.2) is 34.1 Å². The molecule has 4 nitrogen and oxygen atoms in total. The zero-order chi connectivity index (χ0) is 17.1. The molecule has 24 heavy (non-hydrogen) atoms. The number of fused-ring (bicyclic) bond motifs is 1. The van der Waals surface area contributed by atoms with Gasteiger partial charge in [0.05, 0.1) is 16.8 Å². The molecular formula is C19H21N3OS. The Morgan fingerprint density at radius 3 is 3.00 bits per heavy atom. The first-order valence-corrected chi connectivity index (χ1v) is 9.31. The predicted octanol–water partition coefficient (Wildman–Crippen LogP) is 3.91. The summed E-state index contributed by atoms with van der Waals surface area (Å²) in [5.74, 6) is 0.478. The van der Waals surface area contributed by atoms with Crippen LogP contribution < -0.4 is 0 Å². The third kappa shape index (κ3) is 3.54. The van der Waals surface area contributed by atoms with Gasteiger partial charge in [0, 0.05) is 18.0 Å². The lowest BCUT2D eigenvalue weighted by atomic mass is 10.0. The summed E-state index contributed by atoms with van der Waals surface area (Å²) in [6, 6.07) is 10.4. The average Bonchev–Trinajstić information content (AvgIpc) is 2.59. The van der Waals surface area contributed by atoms with E-state index in [9.17, 15) is 10.1 Å². The van der Waals surface area contributed by atoms with Crippen LogP contribution in [0.25, 0.3) is 10.9 Å². The molecule has 5 heteroatoms. The van der Waals surface area contributed by atoms with Gasteiger partial charge in [-0.05, 0) is 50.8 Å². The molecule has 2 heterocycles. The van der Waals surface area contributed by atoms with Gasteiger partial charge < -0.3 is 4.90 Å². The third-order valence-electron chi connectivity index (χ3n) is 4.51. The monoisotopic (exact) mass is 339 g/mol. The maximum atomic E-state index is 12.5. The van der Waals surface area contributed by atoms with Crippen LogP contribution in [0.15, 0.2) is 29.3 Å². The molecule has 1 saturated heterocycles. The van der Waals surface area contributed by atoms with Gasteiger partial charge in [0.25, 0.3) is 0 Å². The second-order valence-corrected chi connectivity index (χ2v) is 7.33. The lowest BCUT2D eigenvalue weighted by Gasteiger charge is -2.33. The zero-order valence-electron chi connectivity index (χ0n) is 14.1. The van der Waals surface area contributed by atoms with Gasteiger partial charge in [0.15, 0.2) is 0 Å². The maximum Gasteiger partial charge on any atom is 0.233 e. The minimum atomic E-state index is 0.141. The number of hydrogen-bond donors (Lipinski definition) is 0. The summed E-state index contributed by atoms with van der Waals surface area (Å²) in [5.41, 5.74) is 2.54. The highest BCUT2D eigenvalue weighted by Crippen LogP contribution is 2.26. The Morgan fingerprint density at radius 1 is 1.42 bits per heavy atom. The first kappa shape index (κ1) is 16.8. The Labute approximate surface area is 146 Å². The molecule has 1 fully saturated rings. The molecule has 1 amide bonds. The first-order chi connectivity index (χ1) is 11.6. The molecule has 0 aliphatic carbocycles. The van der Waals surface area contributed by atoms with Gasteiger partial charge >= 0.3 is 0 Å². The second-order valence-electron chi connectivity index (χ2n) is 6.37. The number of carbonyl (C=O) groups is 1. The molecule has 1 aliphatic heterocycles. The first-order valence-electron chi connectivity index (χ1n) is 8.32. The van der Waals surface area contributed by atoms with E-state index >= 15 is 0 Å². The second kappa shape index (κ2) is 7.23. The van der Waals surface area contributed by atoms with Crippen LogP contribution >= 0.6 is 11.8 Å². The maximum absolute atomic E-state index is 12.5. The van der Waals surface area contributed by atoms with Crippen LogP contribution in [0.5, 0.6) is 0 Å². The number of rotatable bonds is 3. The van der Waals surface area contributed by atoms with Gasteiger partial charge in [-0.1, -0.05) is 23.9 Å². The lowest BCUT2D eigenvalue weighted by molar-refractivity contribution is -0.131. The molecule has 0 radical (unpaired) electrons. The van der Waals surface area contributed by atoms with Crippen LogP contribution in [0.3, 0.4) is 0 Å². The van der Waals surface area contributed by atoms with E-state index in [2.05, 4.69) is 18.0 Å². The Morgan fingerprint density at radius 2 is 2.25 bits per heavy atom. The number of hydrogen-bond acceptors (Lipinski definition) is 4. The fourth-order valence-corrected chi connectivity index (χ4v) is 3.98. The van der Waals surface area contributed by atoms with Crippen molar-refractivity contribution in [3.8, 4) is 6.07 Å². The summed E-state index contributed by atoms with van der Waals surface area (Å²) in [4.78, 5) is 19.1. The Balaban J connectivity index is 1.79. The van der Waals surface area contributed by atoms with Crippen molar-refractivity contribution in [3.63, 3.8) is 0 Å². The van der Waals surface area contributed by atoms with Gasteiger partial charge in [-0.15, -0.1) is 0 Å². The van der Waals surface area contributed by atoms with E-state index in [1.54, 1.807) is 0 Å². The van der Waals surface area contributed by atoms with E-state index in [0.29, 0.717) is 22.4 Å². The SMILES string of the molecule is Cc1ccc2cc(C#N)c(SCC(=O)N3CCCC[C@@H]3C)nc2c1. The van der Waals surface area contributed by atoms with Crippen LogP contribution in [0.2, 0.25) is 0 Å². The fraction of sp³-hybridized carbons (Fsp3) is 0.421. The Kier molecular flexibility index (Phi) is 5.06. The summed E-state index contributed by atoms with van der Waals surface area (Å²) < 4.78 is 0. The van der Waals surface area contributed by atoms with Gasteiger partial charge in [-0.25, -0.2) is 4.98 Å². The molecule has 0 saturated carbocycles. The number of pyridine rings is 1. The van der Waals surface area contributed by atoms with Crippen molar-refractivity contribution in [1.82, 2.24) is 9.88 Å². The van der Waals surface area contributed by atoms with E-state index < -0.39 is 0 Å². The summed E-state index contributed by atoms with van der Waals surface area (Å²) in [5, 5.41) is 11.0. The highest BCUT2D eigenvalue weighted by molar-refractivity contribution is 8.00. The molecule has 0 N–H and O–H groups in total. The zero-order valence-corrected chi connectivity index (χ0v) is 14.9. The highest BCUT2D eigenvalue weighted by Gasteiger charge is 2.23. The standard InChI is InChI=1S/C19H21N3OS/c1-13-6-7-15-10-16(11-20)19(21-17(15)9-13)24-12-18(23)22-8-4-3-5-14(22)2/h6-7,9-10,14H,3-5,8,12H2,1-2H3/t14-/m0/s1. The molecule has 1 atom stereocenters. The number of nitrogens with zero attached hydrogens (tertiary/aromatic N) is 3. The van der Waals surface area contributed by atoms with Crippen molar-refractivity contribution < 1.29 is 4.79 Å². The number of amides is 1. The molecule has 2 aromatic rings. The highest BCUT2D eigenvalue weighted by atomic mass is 32.2. The molecule has 0 unspecified atom stereocenters. The summed E-state index contributed by atoms with van der Waals surface area (Å²) in [6.07, 6.45) is 3.35. The molecule has 1 aromatic carbocycles. The molecule has 3 rings (SSSR count). The van der Waals surface area contributed by atoms with Crippen molar-refractivity contribution in [1.29, 1.82) is 5.26 Å². The van der Waals surface area contributed by atoms with E-state index in [0.717, 1.165) is 35.9 Å². The number of piperidine rings is 1. The van der Waals surface area contributed by atoms with Gasteiger partial charge in [-0.3, -0.25) is 4.79 Å². The molecule has 1 aromatic heterocycles. The lowest BCUT2D eigenvalue weighted by Crippen LogP contribution is -2.42. The fourth-order valence-electron chi connectivity index (χ4n) is 3.13. The number of aryl methyl sites for hydroxylation is 1. The number of nitriles is 1. The molecule has 124 valence electrons. The molecule has 1 aliphatic rings. The summed E-state index contributed by atoms with van der Waals surface area (Å²) >= 11 is 1.37. The molecule has 0 bridgehead atoms.